The number of esters is 2. The van der Waals surface area contributed by atoms with Gasteiger partial charge in [-0.15, -0.1) is 11.6 Å². The topological polar surface area (TPSA) is 52.6 Å². The first kappa shape index (κ1) is 20.2. The van der Waals surface area contributed by atoms with Gasteiger partial charge in [0.1, 0.15) is 6.61 Å². The average molecular weight is 321 g/mol. The second-order valence-corrected chi connectivity index (χ2v) is 6.05. The number of hydrogen-bond acceptors (Lipinski definition) is 4. The molecule has 0 N–H and O–H groups in total. The zero-order chi connectivity index (χ0) is 15.9. The molecule has 0 spiro atoms. The van der Waals surface area contributed by atoms with Crippen molar-refractivity contribution in [3.05, 3.63) is 0 Å². The van der Waals surface area contributed by atoms with Crippen molar-refractivity contribution in [2.24, 2.45) is 0 Å². The molecular weight excluding hydrogens is 292 g/mol. The van der Waals surface area contributed by atoms with Crippen molar-refractivity contribution >= 4 is 23.5 Å². The lowest BCUT2D eigenvalue weighted by atomic mass is 10.2. The minimum absolute atomic E-state index is 0.166. The lowest BCUT2D eigenvalue weighted by molar-refractivity contribution is -0.146. The lowest BCUT2D eigenvalue weighted by Gasteiger charge is -2.06. The third-order valence-corrected chi connectivity index (χ3v) is 3.12. The van der Waals surface area contributed by atoms with Gasteiger partial charge in [-0.25, -0.2) is 0 Å². The molecule has 1 atom stereocenters. The highest BCUT2D eigenvalue weighted by molar-refractivity contribution is 6.20. The van der Waals surface area contributed by atoms with Gasteiger partial charge in [0.05, 0.1) is 12.0 Å². The number of carbonyl (C=O) groups excluding carboxylic acids is 2. The molecule has 0 radical (unpaired) electrons. The zero-order valence-corrected chi connectivity index (χ0v) is 14.1. The second-order valence-electron chi connectivity index (χ2n) is 5.31. The summed E-state index contributed by atoms with van der Waals surface area (Å²) in [4.78, 5) is 22.7. The maximum atomic E-state index is 11.4. The van der Waals surface area contributed by atoms with Gasteiger partial charge in [-0.1, -0.05) is 32.6 Å². The van der Waals surface area contributed by atoms with E-state index in [9.17, 15) is 9.59 Å². The van der Waals surface area contributed by atoms with E-state index in [1.807, 2.05) is 0 Å². The molecule has 0 aliphatic rings. The third kappa shape index (κ3) is 15.4. The Hall–Kier alpha value is -0.770. The minimum Gasteiger partial charge on any atom is -0.466 e. The summed E-state index contributed by atoms with van der Waals surface area (Å²) in [6.45, 7) is 4.69. The van der Waals surface area contributed by atoms with E-state index < -0.39 is 0 Å². The number of hydrogen-bond donors (Lipinski definition) is 0. The van der Waals surface area contributed by atoms with Crippen LogP contribution in [0, 0.1) is 0 Å². The summed E-state index contributed by atoms with van der Waals surface area (Å²) in [5.74, 6) is -0.431. The van der Waals surface area contributed by atoms with Gasteiger partial charge in [0, 0.05) is 12.8 Å². The highest BCUT2D eigenvalue weighted by atomic mass is 35.5. The van der Waals surface area contributed by atoms with E-state index in [1.165, 1.54) is 19.3 Å². The summed E-state index contributed by atoms with van der Waals surface area (Å²) >= 11 is 5.67. The first-order valence-corrected chi connectivity index (χ1v) is 8.45. The number of halogens is 1. The quantitative estimate of drug-likeness (QED) is 0.289. The van der Waals surface area contributed by atoms with Crippen molar-refractivity contribution in [1.29, 1.82) is 0 Å². The van der Waals surface area contributed by atoms with Crippen LogP contribution in [0.2, 0.25) is 0 Å². The van der Waals surface area contributed by atoms with Crippen LogP contribution >= 0.6 is 11.6 Å². The van der Waals surface area contributed by atoms with Gasteiger partial charge in [-0.05, 0) is 26.2 Å². The maximum absolute atomic E-state index is 11.4. The molecule has 0 aliphatic carbocycles. The standard InChI is InChI=1S/C16H29ClO4/c1-3-4-5-6-9-12-20-15(18)10-7-8-11-16(19)21-13-14(2)17/h14H,3-13H2,1-2H3. The summed E-state index contributed by atoms with van der Waals surface area (Å²) < 4.78 is 10.1. The molecular formula is C16H29ClO4. The van der Waals surface area contributed by atoms with Crippen molar-refractivity contribution in [3.63, 3.8) is 0 Å². The van der Waals surface area contributed by atoms with Crippen LogP contribution in [0.1, 0.15) is 71.6 Å². The van der Waals surface area contributed by atoms with Gasteiger partial charge in [0.2, 0.25) is 0 Å². The van der Waals surface area contributed by atoms with Gasteiger partial charge >= 0.3 is 11.9 Å². The number of rotatable bonds is 13. The van der Waals surface area contributed by atoms with E-state index in [4.69, 9.17) is 21.1 Å². The van der Waals surface area contributed by atoms with Crippen LogP contribution in [0.3, 0.4) is 0 Å². The van der Waals surface area contributed by atoms with Gasteiger partial charge in [-0.2, -0.15) is 0 Å². The molecule has 4 nitrogen and oxygen atoms in total. The van der Waals surface area contributed by atoms with Crippen LogP contribution in [-0.4, -0.2) is 30.5 Å². The van der Waals surface area contributed by atoms with Gasteiger partial charge in [0.25, 0.3) is 0 Å². The molecule has 0 fully saturated rings. The summed E-state index contributed by atoms with van der Waals surface area (Å²) in [5, 5.41) is -0.166. The normalized spacial score (nSPS) is 12.0. The lowest BCUT2D eigenvalue weighted by Crippen LogP contribution is -2.11. The molecule has 0 saturated heterocycles. The van der Waals surface area contributed by atoms with E-state index in [0.717, 1.165) is 12.8 Å². The van der Waals surface area contributed by atoms with Gasteiger partial charge in [-0.3, -0.25) is 9.59 Å². The summed E-state index contributed by atoms with van der Waals surface area (Å²) in [6, 6.07) is 0. The van der Waals surface area contributed by atoms with Crippen molar-refractivity contribution in [2.45, 2.75) is 77.0 Å². The molecule has 0 rings (SSSR count). The summed E-state index contributed by atoms with van der Waals surface area (Å²) in [5.41, 5.74) is 0. The molecule has 0 aromatic carbocycles. The first-order chi connectivity index (χ1) is 10.1. The van der Waals surface area contributed by atoms with E-state index in [-0.39, 0.29) is 23.9 Å². The van der Waals surface area contributed by atoms with E-state index in [1.54, 1.807) is 6.92 Å². The van der Waals surface area contributed by atoms with Crippen molar-refractivity contribution in [3.8, 4) is 0 Å². The molecule has 0 aromatic heterocycles. The van der Waals surface area contributed by atoms with Crippen LogP contribution in [0.4, 0.5) is 0 Å². The predicted molar refractivity (Wildman–Crippen MR) is 84.5 cm³/mol. The Kier molecular flexibility index (Phi) is 13.7. The maximum Gasteiger partial charge on any atom is 0.305 e. The molecule has 124 valence electrons. The van der Waals surface area contributed by atoms with E-state index >= 15 is 0 Å². The fourth-order valence-electron chi connectivity index (χ4n) is 1.78. The monoisotopic (exact) mass is 320 g/mol. The Morgan fingerprint density at radius 2 is 1.48 bits per heavy atom. The Bertz CT molecular complexity index is 279. The molecule has 5 heteroatoms. The minimum atomic E-state index is -0.258. The Labute approximate surface area is 133 Å². The number of alkyl halides is 1. The molecule has 21 heavy (non-hydrogen) atoms. The van der Waals surface area contributed by atoms with Crippen LogP contribution in [-0.2, 0) is 19.1 Å². The van der Waals surface area contributed by atoms with Crippen molar-refractivity contribution in [2.75, 3.05) is 13.2 Å². The predicted octanol–water partition coefficient (Wildman–Crippen LogP) is 4.23. The first-order valence-electron chi connectivity index (χ1n) is 8.01. The zero-order valence-electron chi connectivity index (χ0n) is 13.4. The number of carbonyl (C=O) groups is 2. The summed E-state index contributed by atoms with van der Waals surface area (Å²) in [6.07, 6.45) is 7.71. The van der Waals surface area contributed by atoms with Crippen LogP contribution in [0.15, 0.2) is 0 Å². The molecule has 0 amide bonds. The van der Waals surface area contributed by atoms with Gasteiger partial charge < -0.3 is 9.47 Å². The highest BCUT2D eigenvalue weighted by Gasteiger charge is 2.07. The summed E-state index contributed by atoms with van der Waals surface area (Å²) in [7, 11) is 0. The fourth-order valence-corrected chi connectivity index (χ4v) is 1.85. The van der Waals surface area contributed by atoms with Crippen molar-refractivity contribution in [1.82, 2.24) is 0 Å². The van der Waals surface area contributed by atoms with Crippen LogP contribution in [0.25, 0.3) is 0 Å². The smallest absolute Gasteiger partial charge is 0.305 e. The molecule has 0 saturated carbocycles. The SMILES string of the molecule is CCCCCCCOC(=O)CCCCC(=O)OCC(C)Cl. The Morgan fingerprint density at radius 1 is 0.905 bits per heavy atom. The van der Waals surface area contributed by atoms with E-state index in [2.05, 4.69) is 6.92 Å². The van der Waals surface area contributed by atoms with Crippen LogP contribution in [0.5, 0.6) is 0 Å². The number of ether oxygens (including phenoxy) is 2. The molecule has 0 bridgehead atoms. The Balaban J connectivity index is 3.35. The highest BCUT2D eigenvalue weighted by Crippen LogP contribution is 2.06. The molecule has 0 aromatic rings. The average Bonchev–Trinajstić information content (AvgIpc) is 2.45. The molecule has 0 aliphatic heterocycles. The van der Waals surface area contributed by atoms with E-state index in [0.29, 0.717) is 32.3 Å². The largest absolute Gasteiger partial charge is 0.466 e. The molecule has 1 unspecified atom stereocenters. The Morgan fingerprint density at radius 3 is 2.05 bits per heavy atom. The van der Waals surface area contributed by atoms with Gasteiger partial charge in [0.15, 0.2) is 0 Å². The molecule has 0 heterocycles. The second kappa shape index (κ2) is 14.2. The fraction of sp³-hybridized carbons (Fsp3) is 0.875. The van der Waals surface area contributed by atoms with Crippen molar-refractivity contribution < 1.29 is 19.1 Å². The van der Waals surface area contributed by atoms with Crippen LogP contribution < -0.4 is 0 Å². The number of unbranched alkanes of at least 4 members (excludes halogenated alkanes) is 5. The third-order valence-electron chi connectivity index (χ3n) is 3.00.